The number of halogens is 1. The van der Waals surface area contributed by atoms with Crippen LogP contribution in [-0.4, -0.2) is 16.4 Å². The van der Waals surface area contributed by atoms with Crippen LogP contribution in [0.2, 0.25) is 0 Å². The van der Waals surface area contributed by atoms with E-state index in [4.69, 9.17) is 5.73 Å². The fraction of sp³-hybridized carbons (Fsp3) is 0.308. The predicted molar refractivity (Wildman–Crippen MR) is 78.3 cm³/mol. The molecule has 0 saturated heterocycles. The van der Waals surface area contributed by atoms with E-state index >= 15 is 0 Å². The molecule has 2 rings (SSSR count). The fourth-order valence-corrected chi connectivity index (χ4v) is 2.44. The maximum absolute atomic E-state index is 12.0. The third-order valence-corrected chi connectivity index (χ3v) is 3.54. The summed E-state index contributed by atoms with van der Waals surface area (Å²) in [5, 5.41) is 0.995. The van der Waals surface area contributed by atoms with E-state index in [9.17, 15) is 4.79 Å². The molecule has 0 aliphatic carbocycles. The van der Waals surface area contributed by atoms with Gasteiger partial charge in [0.25, 0.3) is 0 Å². The zero-order valence-corrected chi connectivity index (χ0v) is 12.1. The lowest BCUT2D eigenvalue weighted by Crippen LogP contribution is -2.26. The minimum absolute atomic E-state index is 0.00316. The first-order valence-corrected chi connectivity index (χ1v) is 6.70. The summed E-state index contributed by atoms with van der Waals surface area (Å²) in [7, 11) is 0. The minimum Gasteiger partial charge on any atom is -0.347 e. The highest BCUT2D eigenvalue weighted by Crippen LogP contribution is 2.24. The minimum atomic E-state index is -0.454. The van der Waals surface area contributed by atoms with Crippen molar-refractivity contribution in [2.45, 2.75) is 26.4 Å². The predicted octanol–water partition coefficient (Wildman–Crippen LogP) is 2.80. The molecule has 2 aromatic rings. The van der Waals surface area contributed by atoms with Crippen molar-refractivity contribution in [1.29, 1.82) is 0 Å². The lowest BCUT2D eigenvalue weighted by molar-refractivity contribution is 0.0969. The van der Waals surface area contributed by atoms with Gasteiger partial charge in [-0.3, -0.25) is 4.79 Å². The van der Waals surface area contributed by atoms with E-state index in [1.165, 1.54) is 3.57 Å². The second kappa shape index (κ2) is 4.78. The number of aromatic nitrogens is 1. The summed E-state index contributed by atoms with van der Waals surface area (Å²) in [5.41, 5.74) is 7.51. The van der Waals surface area contributed by atoms with Crippen molar-refractivity contribution in [3.05, 3.63) is 33.5 Å². The highest BCUT2D eigenvalue weighted by molar-refractivity contribution is 14.1. The number of hydrogen-bond donors (Lipinski definition) is 1. The van der Waals surface area contributed by atoms with Crippen LogP contribution in [0.3, 0.4) is 0 Å². The lowest BCUT2D eigenvalue weighted by Gasteiger charge is -2.02. The first-order valence-electron chi connectivity index (χ1n) is 5.62. The van der Waals surface area contributed by atoms with Crippen molar-refractivity contribution < 1.29 is 4.79 Å². The molecule has 90 valence electrons. The van der Waals surface area contributed by atoms with Gasteiger partial charge in [0.2, 0.25) is 0 Å². The standard InChI is InChI=1S/C13H15IN2O/c1-3-16-7-11(13(17)8(2)15)10-5-4-9(14)6-12(10)16/h4-8H,3,15H2,1-2H3. The Hall–Kier alpha value is -0.880. The third kappa shape index (κ3) is 2.24. The topological polar surface area (TPSA) is 48.0 Å². The van der Waals surface area contributed by atoms with E-state index in [1.807, 2.05) is 18.3 Å². The third-order valence-electron chi connectivity index (χ3n) is 2.86. The van der Waals surface area contributed by atoms with E-state index in [0.717, 1.165) is 23.0 Å². The largest absolute Gasteiger partial charge is 0.347 e. The molecule has 17 heavy (non-hydrogen) atoms. The van der Waals surface area contributed by atoms with Crippen LogP contribution in [-0.2, 0) is 6.54 Å². The number of benzene rings is 1. The first kappa shape index (κ1) is 12.6. The number of fused-ring (bicyclic) bond motifs is 1. The van der Waals surface area contributed by atoms with Gasteiger partial charge in [-0.25, -0.2) is 0 Å². The molecule has 1 aromatic carbocycles. The highest BCUT2D eigenvalue weighted by Gasteiger charge is 2.17. The van der Waals surface area contributed by atoms with Gasteiger partial charge in [0.05, 0.1) is 6.04 Å². The summed E-state index contributed by atoms with van der Waals surface area (Å²) in [6.45, 7) is 4.65. The SMILES string of the molecule is CCn1cc(C(=O)C(C)N)c2ccc(I)cc21. The zero-order chi connectivity index (χ0) is 12.6. The molecule has 0 amide bonds. The van der Waals surface area contributed by atoms with Gasteiger partial charge in [-0.15, -0.1) is 0 Å². The van der Waals surface area contributed by atoms with Crippen LogP contribution < -0.4 is 5.73 Å². The smallest absolute Gasteiger partial charge is 0.181 e. The number of nitrogens with zero attached hydrogens (tertiary/aromatic N) is 1. The zero-order valence-electron chi connectivity index (χ0n) is 9.90. The number of carbonyl (C=O) groups excluding carboxylic acids is 1. The molecule has 0 fully saturated rings. The molecule has 0 aliphatic rings. The second-order valence-electron chi connectivity index (χ2n) is 4.14. The summed E-state index contributed by atoms with van der Waals surface area (Å²) >= 11 is 2.28. The fourth-order valence-electron chi connectivity index (χ4n) is 1.97. The lowest BCUT2D eigenvalue weighted by atomic mass is 10.1. The molecule has 0 aliphatic heterocycles. The highest BCUT2D eigenvalue weighted by atomic mass is 127. The quantitative estimate of drug-likeness (QED) is 0.689. The van der Waals surface area contributed by atoms with E-state index in [2.05, 4.69) is 40.1 Å². The summed E-state index contributed by atoms with van der Waals surface area (Å²) in [4.78, 5) is 12.0. The summed E-state index contributed by atoms with van der Waals surface area (Å²) in [6, 6.07) is 5.65. The van der Waals surface area contributed by atoms with Gasteiger partial charge in [-0.1, -0.05) is 6.07 Å². The number of carbonyl (C=O) groups is 1. The van der Waals surface area contributed by atoms with Crippen LogP contribution in [0, 0.1) is 3.57 Å². The Balaban J connectivity index is 2.69. The molecule has 0 saturated carbocycles. The van der Waals surface area contributed by atoms with Gasteiger partial charge in [-0.2, -0.15) is 0 Å². The van der Waals surface area contributed by atoms with Crippen LogP contribution in [0.4, 0.5) is 0 Å². The Morgan fingerprint density at radius 2 is 2.24 bits per heavy atom. The van der Waals surface area contributed by atoms with Crippen LogP contribution in [0.5, 0.6) is 0 Å². The summed E-state index contributed by atoms with van der Waals surface area (Å²) < 4.78 is 3.26. The van der Waals surface area contributed by atoms with Crippen molar-refractivity contribution in [1.82, 2.24) is 4.57 Å². The van der Waals surface area contributed by atoms with Gasteiger partial charge in [0, 0.05) is 32.8 Å². The van der Waals surface area contributed by atoms with Gasteiger partial charge in [0.1, 0.15) is 0 Å². The molecule has 1 heterocycles. The molecule has 1 unspecified atom stereocenters. The molecule has 4 heteroatoms. The molecule has 1 aromatic heterocycles. The van der Waals surface area contributed by atoms with Crippen molar-refractivity contribution in [2.24, 2.45) is 5.73 Å². The second-order valence-corrected chi connectivity index (χ2v) is 5.39. The Labute approximate surface area is 114 Å². The van der Waals surface area contributed by atoms with Crippen LogP contribution >= 0.6 is 22.6 Å². The number of hydrogen-bond acceptors (Lipinski definition) is 2. The number of nitrogens with two attached hydrogens (primary N) is 1. The number of Topliss-reactive ketones (excluding diaryl/α,β-unsaturated/α-hetero) is 1. The Morgan fingerprint density at radius 3 is 2.82 bits per heavy atom. The monoisotopic (exact) mass is 342 g/mol. The molecular formula is C13H15IN2O. The summed E-state index contributed by atoms with van der Waals surface area (Å²) in [6.07, 6.45) is 1.91. The number of rotatable bonds is 3. The molecule has 0 radical (unpaired) electrons. The van der Waals surface area contributed by atoms with Crippen LogP contribution in [0.1, 0.15) is 24.2 Å². The normalized spacial score (nSPS) is 12.9. The molecule has 1 atom stereocenters. The van der Waals surface area contributed by atoms with Gasteiger partial charge >= 0.3 is 0 Å². The average molecular weight is 342 g/mol. The molecular weight excluding hydrogens is 327 g/mol. The van der Waals surface area contributed by atoms with Gasteiger partial charge in [-0.05, 0) is 48.6 Å². The summed E-state index contributed by atoms with van der Waals surface area (Å²) in [5.74, 6) is 0.00316. The van der Waals surface area contributed by atoms with Crippen LogP contribution in [0.15, 0.2) is 24.4 Å². The molecule has 2 N–H and O–H groups in total. The van der Waals surface area contributed by atoms with Gasteiger partial charge in [0.15, 0.2) is 5.78 Å². The van der Waals surface area contributed by atoms with E-state index in [0.29, 0.717) is 0 Å². The van der Waals surface area contributed by atoms with Crippen LogP contribution in [0.25, 0.3) is 10.9 Å². The van der Waals surface area contributed by atoms with Crippen molar-refractivity contribution >= 4 is 39.3 Å². The molecule has 0 bridgehead atoms. The molecule has 3 nitrogen and oxygen atoms in total. The maximum Gasteiger partial charge on any atom is 0.181 e. The Bertz CT molecular complexity index is 572. The maximum atomic E-state index is 12.0. The van der Waals surface area contributed by atoms with Crippen molar-refractivity contribution in [3.8, 4) is 0 Å². The Morgan fingerprint density at radius 1 is 1.53 bits per heavy atom. The average Bonchev–Trinajstić information content (AvgIpc) is 2.65. The first-order chi connectivity index (χ1) is 8.04. The van der Waals surface area contributed by atoms with E-state index < -0.39 is 6.04 Å². The van der Waals surface area contributed by atoms with Crippen molar-refractivity contribution in [3.63, 3.8) is 0 Å². The number of ketones is 1. The van der Waals surface area contributed by atoms with Gasteiger partial charge < -0.3 is 10.3 Å². The molecule has 0 spiro atoms. The number of aryl methyl sites for hydroxylation is 1. The van der Waals surface area contributed by atoms with E-state index in [1.54, 1.807) is 6.92 Å². The van der Waals surface area contributed by atoms with Crippen molar-refractivity contribution in [2.75, 3.05) is 0 Å². The Kier molecular flexibility index (Phi) is 3.53. The van der Waals surface area contributed by atoms with E-state index in [-0.39, 0.29) is 5.78 Å².